The summed E-state index contributed by atoms with van der Waals surface area (Å²) in [5, 5.41) is 6.40. The maximum atomic E-state index is 11.2. The summed E-state index contributed by atoms with van der Waals surface area (Å²) in [6.07, 6.45) is 2.72. The van der Waals surface area contributed by atoms with Crippen LogP contribution >= 0.6 is 11.8 Å². The van der Waals surface area contributed by atoms with Crippen LogP contribution in [0.1, 0.15) is 26.2 Å². The second-order valence-corrected chi connectivity index (χ2v) is 7.09. The summed E-state index contributed by atoms with van der Waals surface area (Å²) >= 11 is 1.91. The van der Waals surface area contributed by atoms with Crippen molar-refractivity contribution in [3.05, 3.63) is 30.3 Å². The normalized spacial score (nSPS) is 15.8. The number of aliphatic imine (C=N–C) groups is 1. The van der Waals surface area contributed by atoms with Gasteiger partial charge in [-0.3, -0.25) is 9.79 Å². The van der Waals surface area contributed by atoms with Crippen molar-refractivity contribution < 1.29 is 9.53 Å². The van der Waals surface area contributed by atoms with Crippen molar-refractivity contribution in [1.29, 1.82) is 0 Å². The van der Waals surface area contributed by atoms with E-state index in [4.69, 9.17) is 0 Å². The van der Waals surface area contributed by atoms with Gasteiger partial charge in [-0.2, -0.15) is 0 Å². The van der Waals surface area contributed by atoms with Crippen LogP contribution in [0.2, 0.25) is 0 Å². The minimum absolute atomic E-state index is 0.216. The molecule has 6 heteroatoms. The summed E-state index contributed by atoms with van der Waals surface area (Å²) in [6.45, 7) is 4.13. The first-order valence-electron chi connectivity index (χ1n) is 8.00. The number of methoxy groups -OCH3 is 1. The van der Waals surface area contributed by atoms with Gasteiger partial charge < -0.3 is 15.4 Å². The van der Waals surface area contributed by atoms with Gasteiger partial charge in [-0.05, 0) is 31.9 Å². The van der Waals surface area contributed by atoms with Crippen LogP contribution in [0.15, 0.2) is 40.2 Å². The van der Waals surface area contributed by atoms with Crippen molar-refractivity contribution >= 4 is 23.7 Å². The number of guanidine groups is 1. The van der Waals surface area contributed by atoms with Gasteiger partial charge in [0.25, 0.3) is 0 Å². The molecule has 0 amide bonds. The van der Waals surface area contributed by atoms with Gasteiger partial charge in [-0.1, -0.05) is 18.2 Å². The number of carbonyl (C=O) groups is 1. The molecular weight excluding hydrogens is 310 g/mol. The zero-order valence-electron chi connectivity index (χ0n) is 13.8. The highest BCUT2D eigenvalue weighted by Crippen LogP contribution is 2.51. The third-order valence-corrected chi connectivity index (χ3v) is 5.08. The number of rotatable bonds is 8. The third kappa shape index (κ3) is 6.14. The Balaban J connectivity index is 1.85. The molecule has 0 heterocycles. The minimum Gasteiger partial charge on any atom is -0.469 e. The standard InChI is InChI=1S/C17H25N3O2S/c1-3-18-16(19-12-9-15(21)22-2)20-13-17(10-11-17)23-14-7-5-4-6-8-14/h4-8H,3,9-13H2,1-2H3,(H2,18,19,20). The molecule has 2 rings (SSSR count). The number of hydrogen-bond donors (Lipinski definition) is 2. The molecule has 1 aliphatic rings. The van der Waals surface area contributed by atoms with Gasteiger partial charge in [0.15, 0.2) is 5.96 Å². The van der Waals surface area contributed by atoms with E-state index < -0.39 is 0 Å². The number of hydrogen-bond acceptors (Lipinski definition) is 4. The number of thioether (sulfide) groups is 1. The number of benzene rings is 1. The zero-order chi connectivity index (χ0) is 16.5. The van der Waals surface area contributed by atoms with Crippen molar-refractivity contribution in [3.8, 4) is 0 Å². The molecule has 1 aliphatic carbocycles. The van der Waals surface area contributed by atoms with Crippen LogP contribution in [0.3, 0.4) is 0 Å². The summed E-state index contributed by atoms with van der Waals surface area (Å²) in [5.74, 6) is 0.544. The Morgan fingerprint density at radius 3 is 2.65 bits per heavy atom. The van der Waals surface area contributed by atoms with Crippen LogP contribution in [0, 0.1) is 0 Å². The predicted molar refractivity (Wildman–Crippen MR) is 94.9 cm³/mol. The Morgan fingerprint density at radius 2 is 2.04 bits per heavy atom. The zero-order valence-corrected chi connectivity index (χ0v) is 14.6. The average Bonchev–Trinajstić information content (AvgIpc) is 3.33. The first kappa shape index (κ1) is 17.7. The molecule has 0 radical (unpaired) electrons. The summed E-state index contributed by atoms with van der Waals surface area (Å²) in [6, 6.07) is 10.5. The van der Waals surface area contributed by atoms with Gasteiger partial charge in [-0.15, -0.1) is 11.8 Å². The molecule has 2 N–H and O–H groups in total. The lowest BCUT2D eigenvalue weighted by atomic mass is 10.4. The molecule has 126 valence electrons. The second kappa shape index (κ2) is 8.82. The number of nitrogens with one attached hydrogen (secondary N) is 2. The summed E-state index contributed by atoms with van der Waals surface area (Å²) in [4.78, 5) is 17.1. The van der Waals surface area contributed by atoms with E-state index in [-0.39, 0.29) is 10.7 Å². The Hall–Kier alpha value is -1.69. The first-order valence-corrected chi connectivity index (χ1v) is 8.82. The maximum absolute atomic E-state index is 11.2. The summed E-state index contributed by atoms with van der Waals surface area (Å²) in [5.41, 5.74) is 0. The molecule has 23 heavy (non-hydrogen) atoms. The fourth-order valence-electron chi connectivity index (χ4n) is 2.12. The van der Waals surface area contributed by atoms with Crippen molar-refractivity contribution in [3.63, 3.8) is 0 Å². The Bertz CT molecular complexity index is 530. The lowest BCUT2D eigenvalue weighted by Gasteiger charge is -2.15. The number of nitrogens with zero attached hydrogens (tertiary/aromatic N) is 1. The summed E-state index contributed by atoms with van der Waals surface area (Å²) in [7, 11) is 1.40. The van der Waals surface area contributed by atoms with Gasteiger partial charge >= 0.3 is 5.97 Å². The van der Waals surface area contributed by atoms with Crippen molar-refractivity contribution in [2.75, 3.05) is 26.7 Å². The van der Waals surface area contributed by atoms with Crippen LogP contribution in [-0.4, -0.2) is 43.4 Å². The highest BCUT2D eigenvalue weighted by atomic mass is 32.2. The highest BCUT2D eigenvalue weighted by Gasteiger charge is 2.43. The third-order valence-electron chi connectivity index (χ3n) is 3.60. The van der Waals surface area contributed by atoms with Crippen molar-refractivity contribution in [2.45, 2.75) is 35.8 Å². The molecule has 1 aromatic rings. The quantitative estimate of drug-likeness (QED) is 0.434. The van der Waals surface area contributed by atoms with Gasteiger partial charge in [0.05, 0.1) is 20.1 Å². The van der Waals surface area contributed by atoms with Crippen molar-refractivity contribution in [2.24, 2.45) is 4.99 Å². The van der Waals surface area contributed by atoms with E-state index >= 15 is 0 Å². The topological polar surface area (TPSA) is 62.7 Å². The average molecular weight is 335 g/mol. The van der Waals surface area contributed by atoms with E-state index in [9.17, 15) is 4.79 Å². The van der Waals surface area contributed by atoms with Crippen LogP contribution in [0.5, 0.6) is 0 Å². The molecule has 0 atom stereocenters. The molecule has 0 aromatic heterocycles. The molecule has 0 aliphatic heterocycles. The molecule has 1 saturated carbocycles. The lowest BCUT2D eigenvalue weighted by Crippen LogP contribution is -2.39. The van der Waals surface area contributed by atoms with Crippen LogP contribution in [0.25, 0.3) is 0 Å². The Morgan fingerprint density at radius 1 is 1.30 bits per heavy atom. The smallest absolute Gasteiger partial charge is 0.307 e. The second-order valence-electron chi connectivity index (χ2n) is 5.55. The number of ether oxygens (including phenoxy) is 1. The van der Waals surface area contributed by atoms with E-state index in [0.29, 0.717) is 13.0 Å². The predicted octanol–water partition coefficient (Wildman–Crippen LogP) is 2.43. The monoisotopic (exact) mass is 335 g/mol. The van der Waals surface area contributed by atoms with E-state index in [1.807, 2.05) is 24.8 Å². The highest BCUT2D eigenvalue weighted by molar-refractivity contribution is 8.01. The molecular formula is C17H25N3O2S. The van der Waals surface area contributed by atoms with E-state index in [1.54, 1.807) is 0 Å². The van der Waals surface area contributed by atoms with Gasteiger partial charge in [0, 0.05) is 22.7 Å². The number of carbonyl (C=O) groups excluding carboxylic acids is 1. The molecule has 0 unspecified atom stereocenters. The molecule has 5 nitrogen and oxygen atoms in total. The van der Waals surface area contributed by atoms with Crippen molar-refractivity contribution in [1.82, 2.24) is 10.6 Å². The SMILES string of the molecule is CCNC(=NCC1(Sc2ccccc2)CC1)NCCC(=O)OC. The lowest BCUT2D eigenvalue weighted by molar-refractivity contribution is -0.140. The first-order chi connectivity index (χ1) is 11.2. The summed E-state index contributed by atoms with van der Waals surface area (Å²) < 4.78 is 4.87. The van der Waals surface area contributed by atoms with E-state index in [0.717, 1.165) is 19.0 Å². The molecule has 1 aromatic carbocycles. The van der Waals surface area contributed by atoms with Crippen LogP contribution in [-0.2, 0) is 9.53 Å². The molecule has 0 bridgehead atoms. The molecule has 0 saturated heterocycles. The van der Waals surface area contributed by atoms with Gasteiger partial charge in [0.1, 0.15) is 0 Å². The Kier molecular flexibility index (Phi) is 6.77. The Labute approximate surface area is 142 Å². The van der Waals surface area contributed by atoms with E-state index in [1.165, 1.54) is 24.8 Å². The minimum atomic E-state index is -0.216. The van der Waals surface area contributed by atoms with Gasteiger partial charge in [0.2, 0.25) is 0 Å². The van der Waals surface area contributed by atoms with Crippen LogP contribution < -0.4 is 10.6 Å². The fraction of sp³-hybridized carbons (Fsp3) is 0.529. The van der Waals surface area contributed by atoms with Crippen LogP contribution in [0.4, 0.5) is 0 Å². The largest absolute Gasteiger partial charge is 0.469 e. The van der Waals surface area contributed by atoms with E-state index in [2.05, 4.69) is 44.6 Å². The number of esters is 1. The molecule has 0 spiro atoms. The molecule has 1 fully saturated rings. The van der Waals surface area contributed by atoms with Gasteiger partial charge in [-0.25, -0.2) is 0 Å². The fourth-order valence-corrected chi connectivity index (χ4v) is 3.35. The maximum Gasteiger partial charge on any atom is 0.307 e.